The number of carbonyl (C=O) groups is 1. The Labute approximate surface area is 140 Å². The van der Waals surface area contributed by atoms with E-state index in [2.05, 4.69) is 20.8 Å². The molecule has 0 unspecified atom stereocenters. The number of unbranched alkanes of at least 4 members (excludes halogenated alkanes) is 2. The molecule has 1 aromatic rings. The minimum absolute atomic E-state index is 0.248. The third-order valence-electron chi connectivity index (χ3n) is 4.35. The number of hydrogen-bond donors (Lipinski definition) is 0. The SMILES string of the molecule is CCCCCC(CC)(CC)OC(=O)C(=Cc1ccccc1)OC. The van der Waals surface area contributed by atoms with Gasteiger partial charge in [0, 0.05) is 0 Å². The largest absolute Gasteiger partial charge is 0.490 e. The topological polar surface area (TPSA) is 35.5 Å². The van der Waals surface area contributed by atoms with Gasteiger partial charge in [-0.05, 0) is 37.3 Å². The van der Waals surface area contributed by atoms with E-state index in [1.165, 1.54) is 7.11 Å². The molecule has 0 atom stereocenters. The molecule has 0 bridgehead atoms. The van der Waals surface area contributed by atoms with Crippen LogP contribution in [-0.2, 0) is 14.3 Å². The fourth-order valence-corrected chi connectivity index (χ4v) is 2.64. The van der Waals surface area contributed by atoms with E-state index in [0.717, 1.165) is 44.1 Å². The lowest BCUT2D eigenvalue weighted by molar-refractivity contribution is -0.160. The van der Waals surface area contributed by atoms with Crippen molar-refractivity contribution in [3.05, 3.63) is 41.7 Å². The molecule has 0 radical (unpaired) electrons. The first-order valence-electron chi connectivity index (χ1n) is 8.64. The summed E-state index contributed by atoms with van der Waals surface area (Å²) in [6.45, 7) is 6.34. The Hall–Kier alpha value is -1.77. The molecule has 0 saturated carbocycles. The Bertz CT molecular complexity index is 487. The van der Waals surface area contributed by atoms with Gasteiger partial charge in [-0.3, -0.25) is 0 Å². The van der Waals surface area contributed by atoms with Crippen molar-refractivity contribution in [2.75, 3.05) is 7.11 Å². The molecule has 128 valence electrons. The molecule has 0 aliphatic heterocycles. The van der Waals surface area contributed by atoms with Crippen LogP contribution in [0.1, 0.15) is 64.9 Å². The van der Waals surface area contributed by atoms with Crippen LogP contribution in [0.2, 0.25) is 0 Å². The Morgan fingerprint density at radius 1 is 1.09 bits per heavy atom. The van der Waals surface area contributed by atoms with Crippen LogP contribution in [0.3, 0.4) is 0 Å². The molecule has 23 heavy (non-hydrogen) atoms. The van der Waals surface area contributed by atoms with Gasteiger partial charge in [0.2, 0.25) is 5.76 Å². The summed E-state index contributed by atoms with van der Waals surface area (Å²) in [5.74, 6) is -0.130. The maximum atomic E-state index is 12.5. The van der Waals surface area contributed by atoms with Crippen molar-refractivity contribution in [1.82, 2.24) is 0 Å². The lowest BCUT2D eigenvalue weighted by Crippen LogP contribution is -2.34. The van der Waals surface area contributed by atoms with Crippen molar-refractivity contribution >= 4 is 12.0 Å². The third kappa shape index (κ3) is 6.09. The number of ether oxygens (including phenoxy) is 2. The Kier molecular flexibility index (Phi) is 8.46. The van der Waals surface area contributed by atoms with Gasteiger partial charge in [-0.1, -0.05) is 63.9 Å². The van der Waals surface area contributed by atoms with Crippen LogP contribution in [-0.4, -0.2) is 18.7 Å². The van der Waals surface area contributed by atoms with Crippen LogP contribution >= 0.6 is 0 Å². The van der Waals surface area contributed by atoms with Gasteiger partial charge in [0.25, 0.3) is 0 Å². The lowest BCUT2D eigenvalue weighted by atomic mass is 9.90. The Morgan fingerprint density at radius 2 is 1.74 bits per heavy atom. The number of carbonyl (C=O) groups excluding carboxylic acids is 1. The summed E-state index contributed by atoms with van der Waals surface area (Å²) in [6, 6.07) is 9.66. The van der Waals surface area contributed by atoms with Crippen LogP contribution in [0.4, 0.5) is 0 Å². The van der Waals surface area contributed by atoms with Crippen molar-refractivity contribution in [1.29, 1.82) is 0 Å². The van der Waals surface area contributed by atoms with Crippen LogP contribution in [0, 0.1) is 0 Å². The van der Waals surface area contributed by atoms with Gasteiger partial charge >= 0.3 is 5.97 Å². The Morgan fingerprint density at radius 3 is 2.26 bits per heavy atom. The van der Waals surface area contributed by atoms with Crippen molar-refractivity contribution in [2.45, 2.75) is 64.9 Å². The van der Waals surface area contributed by atoms with Crippen molar-refractivity contribution < 1.29 is 14.3 Å². The fraction of sp³-hybridized carbons (Fsp3) is 0.550. The second-order valence-corrected chi connectivity index (χ2v) is 5.86. The Balaban J connectivity index is 2.85. The smallest absolute Gasteiger partial charge is 0.374 e. The van der Waals surface area contributed by atoms with Crippen molar-refractivity contribution in [2.24, 2.45) is 0 Å². The molecule has 0 aliphatic carbocycles. The molecule has 3 nitrogen and oxygen atoms in total. The minimum Gasteiger partial charge on any atom is -0.490 e. The molecule has 0 N–H and O–H groups in total. The second-order valence-electron chi connectivity index (χ2n) is 5.86. The minimum atomic E-state index is -0.388. The molecule has 0 fully saturated rings. The molecular formula is C20H30O3. The molecule has 0 amide bonds. The summed E-state index contributed by atoms with van der Waals surface area (Å²) in [5, 5.41) is 0. The monoisotopic (exact) mass is 318 g/mol. The summed E-state index contributed by atoms with van der Waals surface area (Å²) in [4.78, 5) is 12.5. The highest BCUT2D eigenvalue weighted by molar-refractivity contribution is 5.91. The molecule has 0 aromatic heterocycles. The standard InChI is InChI=1S/C20H30O3/c1-5-8-12-15-20(6-2,7-3)23-19(21)18(22-4)16-17-13-10-9-11-14-17/h9-11,13-14,16H,5-8,12,15H2,1-4H3. The third-order valence-corrected chi connectivity index (χ3v) is 4.35. The number of hydrogen-bond acceptors (Lipinski definition) is 3. The first kappa shape index (κ1) is 19.3. The predicted octanol–water partition coefficient (Wildman–Crippen LogP) is 5.36. The van der Waals surface area contributed by atoms with Gasteiger partial charge in [-0.25, -0.2) is 4.79 Å². The zero-order valence-corrected chi connectivity index (χ0v) is 14.9. The maximum Gasteiger partial charge on any atom is 0.374 e. The number of rotatable bonds is 10. The van der Waals surface area contributed by atoms with E-state index in [1.54, 1.807) is 6.08 Å². The summed E-state index contributed by atoms with van der Waals surface area (Å²) < 4.78 is 11.1. The van der Waals surface area contributed by atoms with E-state index in [0.29, 0.717) is 0 Å². The average molecular weight is 318 g/mol. The van der Waals surface area contributed by atoms with Crippen LogP contribution in [0.15, 0.2) is 36.1 Å². The average Bonchev–Trinajstić information content (AvgIpc) is 2.59. The summed E-state index contributed by atoms with van der Waals surface area (Å²) >= 11 is 0. The van der Waals surface area contributed by atoms with Crippen molar-refractivity contribution in [3.63, 3.8) is 0 Å². The predicted molar refractivity (Wildman–Crippen MR) is 95.0 cm³/mol. The molecular weight excluding hydrogens is 288 g/mol. The molecule has 1 aromatic carbocycles. The van der Waals surface area contributed by atoms with E-state index in [1.807, 2.05) is 30.3 Å². The number of benzene rings is 1. The summed E-state index contributed by atoms with van der Waals surface area (Å²) in [7, 11) is 1.51. The normalized spacial score (nSPS) is 12.1. The molecule has 1 rings (SSSR count). The quantitative estimate of drug-likeness (QED) is 0.252. The fourth-order valence-electron chi connectivity index (χ4n) is 2.64. The highest BCUT2D eigenvalue weighted by atomic mass is 16.6. The summed E-state index contributed by atoms with van der Waals surface area (Å²) in [6.07, 6.45) is 7.68. The van der Waals surface area contributed by atoms with E-state index in [4.69, 9.17) is 9.47 Å². The van der Waals surface area contributed by atoms with Gasteiger partial charge in [0.15, 0.2) is 0 Å². The maximum absolute atomic E-state index is 12.5. The molecule has 0 saturated heterocycles. The van der Waals surface area contributed by atoms with Crippen LogP contribution < -0.4 is 0 Å². The van der Waals surface area contributed by atoms with Gasteiger partial charge in [0.1, 0.15) is 5.60 Å². The zero-order chi connectivity index (χ0) is 17.1. The molecule has 0 heterocycles. The second kappa shape index (κ2) is 10.1. The van der Waals surface area contributed by atoms with E-state index >= 15 is 0 Å². The first-order valence-corrected chi connectivity index (χ1v) is 8.64. The van der Waals surface area contributed by atoms with Gasteiger partial charge in [-0.15, -0.1) is 0 Å². The van der Waals surface area contributed by atoms with E-state index in [-0.39, 0.29) is 17.3 Å². The van der Waals surface area contributed by atoms with E-state index in [9.17, 15) is 4.79 Å². The molecule has 3 heteroatoms. The summed E-state index contributed by atoms with van der Waals surface area (Å²) in [5.41, 5.74) is 0.534. The van der Waals surface area contributed by atoms with Gasteiger partial charge < -0.3 is 9.47 Å². The van der Waals surface area contributed by atoms with Crippen LogP contribution in [0.5, 0.6) is 0 Å². The van der Waals surface area contributed by atoms with Crippen molar-refractivity contribution in [3.8, 4) is 0 Å². The zero-order valence-electron chi connectivity index (χ0n) is 14.9. The molecule has 0 spiro atoms. The number of methoxy groups -OCH3 is 1. The lowest BCUT2D eigenvalue weighted by Gasteiger charge is -2.32. The highest BCUT2D eigenvalue weighted by Gasteiger charge is 2.31. The van der Waals surface area contributed by atoms with Crippen LogP contribution in [0.25, 0.3) is 6.08 Å². The van der Waals surface area contributed by atoms with Gasteiger partial charge in [0.05, 0.1) is 7.11 Å². The van der Waals surface area contributed by atoms with Gasteiger partial charge in [-0.2, -0.15) is 0 Å². The highest BCUT2D eigenvalue weighted by Crippen LogP contribution is 2.29. The molecule has 0 aliphatic rings. The first-order chi connectivity index (χ1) is 11.1. The number of esters is 1. The van der Waals surface area contributed by atoms with E-state index < -0.39 is 0 Å².